The molecule has 6 heterocycles. The van der Waals surface area contributed by atoms with Crippen molar-refractivity contribution < 1.29 is 69.8 Å². The maximum Gasteiger partial charge on any atom is 0.344 e. The number of hydrogen-bond donors (Lipinski definition) is 0. The molecular weight excluding hydrogens is 1250 g/mol. The molecular formula is C77H122N4O15S. The van der Waals surface area contributed by atoms with Crippen molar-refractivity contribution in [1.82, 2.24) is 19.6 Å². The minimum Gasteiger partial charge on any atom is -0.459 e. The predicted octanol–water partition coefficient (Wildman–Crippen LogP) is 10.7. The highest BCUT2D eigenvalue weighted by Crippen LogP contribution is 2.63. The first-order chi connectivity index (χ1) is 46.5. The lowest BCUT2D eigenvalue weighted by atomic mass is 9.47. The summed E-state index contributed by atoms with van der Waals surface area (Å²) < 4.78 is 63.6. The van der Waals surface area contributed by atoms with E-state index in [0.29, 0.717) is 42.6 Å². The van der Waals surface area contributed by atoms with Gasteiger partial charge in [-0.1, -0.05) is 67.2 Å². The van der Waals surface area contributed by atoms with Crippen LogP contribution in [0.5, 0.6) is 0 Å². The molecule has 18 fully saturated rings. The zero-order valence-corrected chi connectivity index (χ0v) is 61.0. The first-order valence-corrected chi connectivity index (χ1v) is 41.0. The van der Waals surface area contributed by atoms with E-state index in [-0.39, 0.29) is 124 Å². The zero-order valence-electron chi connectivity index (χ0n) is 60.2. The Morgan fingerprint density at radius 2 is 0.866 bits per heavy atom. The van der Waals surface area contributed by atoms with Gasteiger partial charge in [-0.2, -0.15) is 8.42 Å². The minimum atomic E-state index is -3.44. The van der Waals surface area contributed by atoms with Gasteiger partial charge in [0.2, 0.25) is 0 Å². The van der Waals surface area contributed by atoms with Crippen LogP contribution in [0.3, 0.4) is 0 Å². The highest BCUT2D eigenvalue weighted by atomic mass is 32.2. The lowest BCUT2D eigenvalue weighted by molar-refractivity contribution is -0.228. The van der Waals surface area contributed by atoms with Gasteiger partial charge in [-0.25, -0.2) is 4.79 Å². The highest BCUT2D eigenvalue weighted by Gasteiger charge is 2.67. The van der Waals surface area contributed by atoms with Crippen LogP contribution in [0.1, 0.15) is 215 Å². The Labute approximate surface area is 580 Å². The topological polar surface area (TPSA) is 214 Å². The fraction of sp³-hybridized carbons (Fsp3) is 0.922. The van der Waals surface area contributed by atoms with Crippen LogP contribution < -0.4 is 0 Å². The molecule has 6 aliphatic heterocycles. The summed E-state index contributed by atoms with van der Waals surface area (Å²) in [6.07, 6.45) is 29.9. The van der Waals surface area contributed by atoms with Crippen LogP contribution >= 0.6 is 0 Å². The number of rotatable bonds is 19. The molecule has 0 aromatic heterocycles. The van der Waals surface area contributed by atoms with Gasteiger partial charge >= 0.3 is 35.8 Å². The molecule has 19 nitrogen and oxygen atoms in total. The van der Waals surface area contributed by atoms with Crippen molar-refractivity contribution >= 4 is 45.9 Å². The van der Waals surface area contributed by atoms with E-state index in [9.17, 15) is 37.2 Å². The summed E-state index contributed by atoms with van der Waals surface area (Å²) >= 11 is 0. The highest BCUT2D eigenvalue weighted by molar-refractivity contribution is 7.87. The molecule has 20 heteroatoms. The lowest BCUT2D eigenvalue weighted by Gasteiger charge is -2.62. The number of esters is 6. The molecule has 12 aliphatic carbocycles. The van der Waals surface area contributed by atoms with Gasteiger partial charge in [0.15, 0.2) is 6.61 Å². The van der Waals surface area contributed by atoms with E-state index in [1.54, 1.807) is 0 Å². The van der Waals surface area contributed by atoms with Crippen LogP contribution in [-0.4, -0.2) is 190 Å². The Balaban J connectivity index is 0.000000117. The Hall–Kier alpha value is -3.43. The zero-order chi connectivity index (χ0) is 68.1. The summed E-state index contributed by atoms with van der Waals surface area (Å²) in [5.41, 5.74) is -0.332. The van der Waals surface area contributed by atoms with Crippen molar-refractivity contribution in [2.75, 3.05) is 85.1 Å². The molecule has 0 spiro atoms. The number of nitrogens with zero attached hydrogens (tertiary/aromatic N) is 4. The van der Waals surface area contributed by atoms with E-state index < -0.39 is 22.2 Å². The molecule has 18 rings (SSSR count). The summed E-state index contributed by atoms with van der Waals surface area (Å²) in [6.45, 7) is 26.3. The van der Waals surface area contributed by atoms with Crippen molar-refractivity contribution in [2.45, 2.75) is 256 Å². The lowest BCUT2D eigenvalue weighted by Crippen LogP contribution is -2.62. The van der Waals surface area contributed by atoms with Crippen molar-refractivity contribution in [1.29, 1.82) is 0 Å². The third-order valence-electron chi connectivity index (χ3n) is 27.9. The minimum absolute atomic E-state index is 0.00547. The molecule has 0 N–H and O–H groups in total. The van der Waals surface area contributed by atoms with Crippen LogP contribution in [0, 0.1) is 107 Å². The monoisotopic (exact) mass is 1370 g/mol. The summed E-state index contributed by atoms with van der Waals surface area (Å²) in [7, 11) is -3.44. The molecule has 12 bridgehead atoms. The molecule has 6 saturated heterocycles. The normalized spacial score (nSPS) is 41.3. The third-order valence-corrected chi connectivity index (χ3v) is 29.7. The first kappa shape index (κ1) is 71.9. The molecule has 0 amide bonds. The van der Waals surface area contributed by atoms with E-state index in [4.69, 9.17) is 32.6 Å². The van der Waals surface area contributed by atoms with Crippen LogP contribution in [0.25, 0.3) is 0 Å². The van der Waals surface area contributed by atoms with Crippen molar-refractivity contribution in [2.24, 2.45) is 107 Å². The van der Waals surface area contributed by atoms with Gasteiger partial charge in [-0.15, -0.1) is 0 Å². The summed E-state index contributed by atoms with van der Waals surface area (Å²) in [5.74, 6) is 5.61. The van der Waals surface area contributed by atoms with Gasteiger partial charge in [0.05, 0.1) is 34.8 Å². The third kappa shape index (κ3) is 15.6. The van der Waals surface area contributed by atoms with Crippen LogP contribution in [0.2, 0.25) is 0 Å². The number of fused-ring (bicyclic) bond motifs is 2. The van der Waals surface area contributed by atoms with Crippen molar-refractivity contribution in [3.63, 3.8) is 0 Å². The summed E-state index contributed by atoms with van der Waals surface area (Å²) in [4.78, 5) is 83.8. The molecule has 18 aliphatic rings. The first-order valence-electron chi connectivity index (χ1n) is 39.6. The fourth-order valence-corrected chi connectivity index (χ4v) is 25.1. The number of ether oxygens (including phenoxy) is 6. The molecule has 0 aromatic carbocycles. The number of carbonyl (C=O) groups excluding carboxylic acids is 6. The smallest absolute Gasteiger partial charge is 0.344 e. The second-order valence-corrected chi connectivity index (χ2v) is 36.8. The molecule has 97 heavy (non-hydrogen) atoms. The molecule has 546 valence electrons. The Kier molecular flexibility index (Phi) is 22.6. The van der Waals surface area contributed by atoms with Gasteiger partial charge < -0.3 is 48.0 Å². The Morgan fingerprint density at radius 1 is 0.464 bits per heavy atom. The summed E-state index contributed by atoms with van der Waals surface area (Å²) in [5, 5.41) is -0.363. The maximum absolute atomic E-state index is 13.1. The average molecular weight is 1380 g/mol. The second kappa shape index (κ2) is 30.5. The largest absolute Gasteiger partial charge is 0.459 e. The summed E-state index contributed by atoms with van der Waals surface area (Å²) in [6, 6.07) is 0. The van der Waals surface area contributed by atoms with E-state index in [2.05, 4.69) is 54.2 Å². The number of hydrogen-bond acceptors (Lipinski definition) is 19. The van der Waals surface area contributed by atoms with E-state index >= 15 is 0 Å². The Morgan fingerprint density at radius 3 is 1.33 bits per heavy atom. The molecule has 14 unspecified atom stereocenters. The van der Waals surface area contributed by atoms with E-state index in [1.807, 2.05) is 13.8 Å². The fourth-order valence-electron chi connectivity index (χ4n) is 23.3. The second-order valence-electron chi connectivity index (χ2n) is 35.0. The molecule has 0 aromatic rings. The molecule has 12 saturated carbocycles. The van der Waals surface area contributed by atoms with Crippen molar-refractivity contribution in [3.8, 4) is 0 Å². The van der Waals surface area contributed by atoms with Crippen LogP contribution in [-0.2, 0) is 71.5 Å². The SMILES string of the molecule is CC(CN1CCCCC1)C(=O)OC1(C(C)C)C2CC3CC(C2)CC1C3.CC(CN1CCCCC1)C(=O)OC1(C)C2CC3CC(C2)CC1C3.CC(CN1CCCCC1)C(=O)OC1C2CC3C1OS(=O)(=O)C3C2.CC(CN1CCCCC1)C(=O)OCC(=O)OC1C2CC3C(=O)OC1C3C2. The van der Waals surface area contributed by atoms with Gasteiger partial charge in [-0.3, -0.25) is 28.2 Å². The molecule has 0 radical (unpaired) electrons. The quantitative estimate of drug-likeness (QED) is 0.0668. The molecule has 14 atom stereocenters. The van der Waals surface area contributed by atoms with E-state index in [0.717, 1.165) is 115 Å². The van der Waals surface area contributed by atoms with Gasteiger partial charge in [0.25, 0.3) is 10.1 Å². The number of piperidine rings is 4. The van der Waals surface area contributed by atoms with Crippen LogP contribution in [0.4, 0.5) is 0 Å². The number of likely N-dealkylation sites (tertiary alicyclic amines) is 4. The number of carbonyl (C=O) groups is 6. The van der Waals surface area contributed by atoms with Gasteiger partial charge in [-0.05, 0) is 254 Å². The predicted molar refractivity (Wildman–Crippen MR) is 364 cm³/mol. The maximum atomic E-state index is 13.1. The standard InChI is InChI=1S/C22H37NO2.C20H33NO2.C19H27NO6.C16H25NO5S/c1-15(2)22(19-10-17-9-18(12-19)13-20(22)11-17)25-21(24)16(3)14-23-7-5-4-6-8-23;1-14(13-21-6-4-3-5-7-21)19(22)23-20(2)17-9-15-8-16(11-17)12-18(20)10-15;1-11(9-20-5-3-2-4-6-20)18(22)24-10-15(21)25-16-12-7-13-14(8-12)19(23)26-17(13)16;1-10(9-17-5-3-2-4-6-17)16(18)21-14-11-7-12-13(8-11)23(19,20)22-15(12)14/h15-20H,4-14H2,1-3H3;14-18H,3-13H2,1-2H3;11-14,16-17H,2-10H2,1H3;10-15H,2-9H2,1H3. The van der Waals surface area contributed by atoms with Gasteiger partial charge in [0.1, 0.15) is 35.6 Å². The van der Waals surface area contributed by atoms with E-state index in [1.165, 1.54) is 141 Å². The van der Waals surface area contributed by atoms with Gasteiger partial charge in [0, 0.05) is 49.9 Å². The average Bonchev–Trinajstić information content (AvgIpc) is 1.49. The van der Waals surface area contributed by atoms with Crippen molar-refractivity contribution in [3.05, 3.63) is 0 Å². The Bertz CT molecular complexity index is 2830. The van der Waals surface area contributed by atoms with Crippen LogP contribution in [0.15, 0.2) is 0 Å².